The zero-order valence-corrected chi connectivity index (χ0v) is 7.54. The van der Waals surface area contributed by atoms with E-state index in [0.29, 0.717) is 13.2 Å². The Bertz CT molecular complexity index is 254. The average molecular weight is 184 g/mol. The third-order valence-electron chi connectivity index (χ3n) is 3.02. The summed E-state index contributed by atoms with van der Waals surface area (Å²) in [5.74, 6) is -0.640. The van der Waals surface area contributed by atoms with Crippen LogP contribution in [0.2, 0.25) is 0 Å². The van der Waals surface area contributed by atoms with E-state index in [-0.39, 0.29) is 18.3 Å². The van der Waals surface area contributed by atoms with Crippen LogP contribution in [0.1, 0.15) is 19.8 Å². The molecule has 0 aromatic rings. The van der Waals surface area contributed by atoms with Gasteiger partial charge in [0.25, 0.3) is 0 Å². The number of ether oxygens (including phenoxy) is 2. The lowest BCUT2D eigenvalue weighted by Crippen LogP contribution is -2.32. The molecule has 4 nitrogen and oxygen atoms in total. The van der Waals surface area contributed by atoms with Gasteiger partial charge in [-0.1, -0.05) is 0 Å². The number of carbonyl (C=O) groups excluding carboxylic acids is 2. The summed E-state index contributed by atoms with van der Waals surface area (Å²) in [6.45, 7) is 3.04. The highest BCUT2D eigenvalue weighted by Gasteiger charge is 2.51. The first-order chi connectivity index (χ1) is 6.13. The largest absolute Gasteiger partial charge is 0.393 e. The van der Waals surface area contributed by atoms with Crippen molar-refractivity contribution in [2.45, 2.75) is 19.8 Å². The number of cyclic esters (lactones) is 2. The van der Waals surface area contributed by atoms with Crippen LogP contribution >= 0.6 is 0 Å². The molecule has 0 saturated carbocycles. The lowest BCUT2D eigenvalue weighted by atomic mass is 9.75. The predicted molar refractivity (Wildman–Crippen MR) is 42.7 cm³/mol. The smallest absolute Gasteiger partial charge is 0.320 e. The van der Waals surface area contributed by atoms with Gasteiger partial charge < -0.3 is 9.47 Å². The molecular formula is C9H12O4. The van der Waals surface area contributed by atoms with Gasteiger partial charge >= 0.3 is 11.9 Å². The number of hydrogen-bond donors (Lipinski definition) is 0. The van der Waals surface area contributed by atoms with E-state index in [1.54, 1.807) is 6.92 Å². The summed E-state index contributed by atoms with van der Waals surface area (Å²) in [6, 6.07) is 0. The zero-order chi connectivity index (χ0) is 9.47. The molecule has 2 heterocycles. The summed E-state index contributed by atoms with van der Waals surface area (Å²) in [4.78, 5) is 22.3. The quantitative estimate of drug-likeness (QED) is 0.440. The van der Waals surface area contributed by atoms with Crippen molar-refractivity contribution in [1.29, 1.82) is 0 Å². The molecule has 0 radical (unpaired) electrons. The van der Waals surface area contributed by atoms with Crippen molar-refractivity contribution in [3.63, 3.8) is 0 Å². The maximum atomic E-state index is 11.4. The molecule has 13 heavy (non-hydrogen) atoms. The van der Waals surface area contributed by atoms with Gasteiger partial charge in [-0.2, -0.15) is 0 Å². The fourth-order valence-corrected chi connectivity index (χ4v) is 1.98. The molecule has 4 heteroatoms. The fraction of sp³-hybridized carbons (Fsp3) is 0.778. The van der Waals surface area contributed by atoms with Gasteiger partial charge in [0.15, 0.2) is 0 Å². The van der Waals surface area contributed by atoms with E-state index in [1.165, 1.54) is 0 Å². The van der Waals surface area contributed by atoms with Gasteiger partial charge in [0, 0.05) is 12.5 Å². The molecule has 0 N–H and O–H groups in total. The maximum Gasteiger partial charge on any atom is 0.320 e. The van der Waals surface area contributed by atoms with E-state index in [4.69, 9.17) is 4.74 Å². The number of rotatable bonds is 1. The first-order valence-electron chi connectivity index (χ1n) is 4.46. The normalized spacial score (nSPS) is 39.6. The second kappa shape index (κ2) is 2.80. The maximum absolute atomic E-state index is 11.4. The third-order valence-corrected chi connectivity index (χ3v) is 3.02. The van der Waals surface area contributed by atoms with Gasteiger partial charge in [0.05, 0.1) is 18.4 Å². The fourth-order valence-electron chi connectivity index (χ4n) is 1.98. The first kappa shape index (κ1) is 8.69. The third kappa shape index (κ3) is 1.25. The highest BCUT2D eigenvalue weighted by Crippen LogP contribution is 2.41. The second-order valence-electron chi connectivity index (χ2n) is 3.92. The van der Waals surface area contributed by atoms with Gasteiger partial charge in [-0.25, -0.2) is 0 Å². The standard InChI is InChI=1S/C9H12O4/c1-9(6-2-3-12-5-6)4-7(10)13-8(9)11/h6H,2-5H2,1H3. The molecule has 2 rings (SSSR count). The van der Waals surface area contributed by atoms with Crippen molar-refractivity contribution >= 4 is 11.9 Å². The summed E-state index contributed by atoms with van der Waals surface area (Å²) >= 11 is 0. The monoisotopic (exact) mass is 184 g/mol. The Hall–Kier alpha value is -0.900. The molecular weight excluding hydrogens is 172 g/mol. The average Bonchev–Trinajstić information content (AvgIpc) is 2.61. The van der Waals surface area contributed by atoms with E-state index >= 15 is 0 Å². The van der Waals surface area contributed by atoms with Gasteiger partial charge in [0.1, 0.15) is 0 Å². The van der Waals surface area contributed by atoms with Crippen LogP contribution in [-0.2, 0) is 19.1 Å². The summed E-state index contributed by atoms with van der Waals surface area (Å²) < 4.78 is 9.76. The van der Waals surface area contributed by atoms with Gasteiger partial charge in [-0.3, -0.25) is 9.59 Å². The van der Waals surface area contributed by atoms with Crippen molar-refractivity contribution in [3.8, 4) is 0 Å². The molecule has 2 unspecified atom stereocenters. The lowest BCUT2D eigenvalue weighted by molar-refractivity contribution is -0.156. The summed E-state index contributed by atoms with van der Waals surface area (Å²) in [6.07, 6.45) is 1.05. The minimum atomic E-state index is -0.631. The molecule has 0 bridgehead atoms. The molecule has 0 aromatic carbocycles. The van der Waals surface area contributed by atoms with Crippen LogP contribution in [0.25, 0.3) is 0 Å². The number of carbonyl (C=O) groups is 2. The van der Waals surface area contributed by atoms with Crippen molar-refractivity contribution < 1.29 is 19.1 Å². The molecule has 2 aliphatic rings. The van der Waals surface area contributed by atoms with Crippen LogP contribution in [-0.4, -0.2) is 25.2 Å². The highest BCUT2D eigenvalue weighted by atomic mass is 16.6. The minimum absolute atomic E-state index is 0.145. The van der Waals surface area contributed by atoms with Crippen LogP contribution < -0.4 is 0 Å². The zero-order valence-electron chi connectivity index (χ0n) is 7.54. The van der Waals surface area contributed by atoms with Gasteiger partial charge in [-0.05, 0) is 13.3 Å². The summed E-state index contributed by atoms with van der Waals surface area (Å²) in [7, 11) is 0. The van der Waals surface area contributed by atoms with Crippen molar-refractivity contribution in [1.82, 2.24) is 0 Å². The summed E-state index contributed by atoms with van der Waals surface area (Å²) in [5.41, 5.74) is -0.631. The van der Waals surface area contributed by atoms with Gasteiger partial charge in [0.2, 0.25) is 0 Å². The van der Waals surface area contributed by atoms with Crippen molar-refractivity contribution in [3.05, 3.63) is 0 Å². The number of esters is 2. The van der Waals surface area contributed by atoms with Crippen molar-refractivity contribution in [2.24, 2.45) is 11.3 Å². The van der Waals surface area contributed by atoms with E-state index in [1.807, 2.05) is 0 Å². The Morgan fingerprint density at radius 1 is 1.46 bits per heavy atom. The predicted octanol–water partition coefficient (Wildman–Crippen LogP) is 0.503. The Kier molecular flexibility index (Phi) is 1.87. The number of hydrogen-bond acceptors (Lipinski definition) is 4. The second-order valence-corrected chi connectivity index (χ2v) is 3.92. The molecule has 0 amide bonds. The molecule has 0 spiro atoms. The van der Waals surface area contributed by atoms with Crippen LogP contribution in [0.15, 0.2) is 0 Å². The van der Waals surface area contributed by atoms with Crippen molar-refractivity contribution in [2.75, 3.05) is 13.2 Å². The summed E-state index contributed by atoms with van der Waals surface area (Å²) in [5, 5.41) is 0. The Balaban J connectivity index is 2.18. The molecule has 2 saturated heterocycles. The minimum Gasteiger partial charge on any atom is -0.393 e. The van der Waals surface area contributed by atoms with Crippen LogP contribution in [0.5, 0.6) is 0 Å². The van der Waals surface area contributed by atoms with E-state index in [2.05, 4.69) is 4.74 Å². The SMILES string of the molecule is CC1(C2CCOC2)CC(=O)OC1=O. The van der Waals surface area contributed by atoms with E-state index < -0.39 is 11.4 Å². The molecule has 2 atom stereocenters. The molecule has 2 fully saturated rings. The Morgan fingerprint density at radius 3 is 2.69 bits per heavy atom. The topological polar surface area (TPSA) is 52.6 Å². The molecule has 2 aliphatic heterocycles. The lowest BCUT2D eigenvalue weighted by Gasteiger charge is -2.23. The van der Waals surface area contributed by atoms with Crippen LogP contribution in [0, 0.1) is 11.3 Å². The Labute approximate surface area is 76.2 Å². The first-order valence-corrected chi connectivity index (χ1v) is 4.46. The highest BCUT2D eigenvalue weighted by molar-refractivity contribution is 5.97. The Morgan fingerprint density at radius 2 is 2.23 bits per heavy atom. The van der Waals surface area contributed by atoms with E-state index in [0.717, 1.165) is 6.42 Å². The van der Waals surface area contributed by atoms with Gasteiger partial charge in [-0.15, -0.1) is 0 Å². The van der Waals surface area contributed by atoms with Crippen LogP contribution in [0.3, 0.4) is 0 Å². The van der Waals surface area contributed by atoms with E-state index in [9.17, 15) is 9.59 Å². The molecule has 0 aliphatic carbocycles. The molecule has 72 valence electrons. The van der Waals surface area contributed by atoms with Crippen LogP contribution in [0.4, 0.5) is 0 Å². The molecule has 0 aromatic heterocycles.